The van der Waals surface area contributed by atoms with Gasteiger partial charge in [-0.3, -0.25) is 14.3 Å². The van der Waals surface area contributed by atoms with Crippen molar-refractivity contribution in [2.24, 2.45) is 5.92 Å². The van der Waals surface area contributed by atoms with Gasteiger partial charge in [-0.05, 0) is 56.4 Å². The molecule has 4 saturated heterocycles. The van der Waals surface area contributed by atoms with Crippen LogP contribution in [0.1, 0.15) is 25.7 Å². The lowest BCUT2D eigenvalue weighted by atomic mass is 9.99. The number of thioether (sulfide) groups is 1. The van der Waals surface area contributed by atoms with Gasteiger partial charge in [0, 0.05) is 69.7 Å². The molecule has 218 valence electrons. The fourth-order valence-corrected chi connectivity index (χ4v) is 7.85. The molecular formula is C28H38N10O2S. The number of hydrogen-bond donors (Lipinski definition) is 1. The average molecular weight is 579 g/mol. The van der Waals surface area contributed by atoms with Gasteiger partial charge in [0.1, 0.15) is 6.54 Å². The van der Waals surface area contributed by atoms with Crippen LogP contribution in [-0.2, 0) is 16.1 Å². The second kappa shape index (κ2) is 11.2. The number of hydrogen-bond acceptors (Lipinski definition) is 9. The van der Waals surface area contributed by atoms with Gasteiger partial charge in [0.2, 0.25) is 17.8 Å². The van der Waals surface area contributed by atoms with Gasteiger partial charge in [-0.25, -0.2) is 4.52 Å². The van der Waals surface area contributed by atoms with E-state index in [-0.39, 0.29) is 30.5 Å². The van der Waals surface area contributed by atoms with E-state index in [1.165, 1.54) is 0 Å². The van der Waals surface area contributed by atoms with E-state index in [1.54, 1.807) is 15.4 Å². The second-order valence-corrected chi connectivity index (χ2v) is 13.0. The maximum atomic E-state index is 13.4. The van der Waals surface area contributed by atoms with Crippen LogP contribution in [0.25, 0.3) is 5.65 Å². The minimum Gasteiger partial charge on any atom is -0.364 e. The Bertz CT molecular complexity index is 1400. The zero-order chi connectivity index (χ0) is 27.9. The fourth-order valence-electron chi connectivity index (χ4n) is 6.74. The first-order chi connectivity index (χ1) is 20.0. The Morgan fingerprint density at radius 1 is 1.05 bits per heavy atom. The van der Waals surface area contributed by atoms with E-state index in [9.17, 15) is 9.59 Å². The van der Waals surface area contributed by atoms with Crippen molar-refractivity contribution in [2.75, 3.05) is 68.0 Å². The molecule has 3 aromatic rings. The van der Waals surface area contributed by atoms with Crippen LogP contribution in [0.3, 0.4) is 0 Å². The molecule has 1 N–H and O–H groups in total. The van der Waals surface area contributed by atoms with Crippen molar-refractivity contribution in [3.63, 3.8) is 0 Å². The number of anilines is 3. The number of carbonyl (C=O) groups excluding carboxylic acids is 2. The minimum atomic E-state index is 0.0803. The Morgan fingerprint density at radius 3 is 2.56 bits per heavy atom. The third-order valence-electron chi connectivity index (χ3n) is 9.03. The van der Waals surface area contributed by atoms with Crippen molar-refractivity contribution in [3.05, 3.63) is 30.7 Å². The molecule has 0 aliphatic carbocycles. The third kappa shape index (κ3) is 5.36. The molecule has 2 atom stereocenters. The molecule has 2 unspecified atom stereocenters. The van der Waals surface area contributed by atoms with E-state index in [0.717, 1.165) is 93.5 Å². The Labute approximate surface area is 244 Å². The fraction of sp³-hybridized carbons (Fsp3) is 0.607. The molecule has 2 amide bonds. The number of piperazine rings is 2. The van der Waals surface area contributed by atoms with Crippen LogP contribution in [0.15, 0.2) is 30.7 Å². The highest BCUT2D eigenvalue weighted by atomic mass is 32.2. The second-order valence-electron chi connectivity index (χ2n) is 11.8. The number of pyridine rings is 1. The monoisotopic (exact) mass is 578 g/mol. The van der Waals surface area contributed by atoms with E-state index in [2.05, 4.69) is 43.3 Å². The topological polar surface area (TPSA) is 107 Å². The van der Waals surface area contributed by atoms with Crippen LogP contribution in [0.5, 0.6) is 0 Å². The van der Waals surface area contributed by atoms with Gasteiger partial charge < -0.3 is 24.9 Å². The van der Waals surface area contributed by atoms with Crippen molar-refractivity contribution in [2.45, 2.75) is 44.3 Å². The highest BCUT2D eigenvalue weighted by molar-refractivity contribution is 7.99. The maximum Gasteiger partial charge on any atom is 0.247 e. The highest BCUT2D eigenvalue weighted by Crippen LogP contribution is 2.37. The maximum absolute atomic E-state index is 13.4. The molecule has 2 bridgehead atoms. The first kappa shape index (κ1) is 26.6. The number of likely N-dealkylation sites (N-methyl/N-ethyl adjacent to an activating group) is 1. The van der Waals surface area contributed by atoms with E-state index < -0.39 is 0 Å². The van der Waals surface area contributed by atoms with Crippen LogP contribution < -0.4 is 10.2 Å². The van der Waals surface area contributed by atoms with E-state index >= 15 is 0 Å². The zero-order valence-corrected chi connectivity index (χ0v) is 24.4. The Hall–Kier alpha value is -3.32. The van der Waals surface area contributed by atoms with Crippen molar-refractivity contribution >= 4 is 46.5 Å². The molecule has 4 fully saturated rings. The van der Waals surface area contributed by atoms with Gasteiger partial charge >= 0.3 is 0 Å². The molecule has 4 aliphatic rings. The third-order valence-corrected chi connectivity index (χ3v) is 10.1. The van der Waals surface area contributed by atoms with Gasteiger partial charge in [0.15, 0.2) is 5.65 Å². The van der Waals surface area contributed by atoms with Crippen LogP contribution in [0.2, 0.25) is 0 Å². The van der Waals surface area contributed by atoms with E-state index in [4.69, 9.17) is 4.98 Å². The molecule has 3 aromatic heterocycles. The molecule has 41 heavy (non-hydrogen) atoms. The molecule has 7 heterocycles. The number of fused-ring (bicyclic) bond motifs is 3. The molecule has 0 spiro atoms. The standard InChI is InChI=1S/C28H38N10O2S/c1-33-9-11-34(12-10-33)25(39)19-36-16-21(15-29-36)30-28-31-26-24(3-2-8-37(26)32-28)35-17-22-4-5-23(18-35)38(22)27(40)20-6-13-41-14-7-20/h2-3,8,15-16,20,22-23H,4-7,9-14,17-19H2,1H3,(H,30,32). The lowest BCUT2D eigenvalue weighted by Crippen LogP contribution is -2.57. The quantitative estimate of drug-likeness (QED) is 0.468. The summed E-state index contributed by atoms with van der Waals surface area (Å²) in [5.74, 6) is 3.36. The molecule has 12 nitrogen and oxygen atoms in total. The van der Waals surface area contributed by atoms with Crippen LogP contribution in [0, 0.1) is 5.92 Å². The Kier molecular flexibility index (Phi) is 7.23. The molecular weight excluding hydrogens is 540 g/mol. The van der Waals surface area contributed by atoms with Crippen molar-refractivity contribution in [1.29, 1.82) is 0 Å². The van der Waals surface area contributed by atoms with Crippen molar-refractivity contribution < 1.29 is 9.59 Å². The lowest BCUT2D eigenvalue weighted by molar-refractivity contribution is -0.139. The van der Waals surface area contributed by atoms with E-state index in [0.29, 0.717) is 11.9 Å². The van der Waals surface area contributed by atoms with Gasteiger partial charge in [-0.1, -0.05) is 0 Å². The molecule has 0 aromatic carbocycles. The smallest absolute Gasteiger partial charge is 0.247 e. The Balaban J connectivity index is 1.02. The van der Waals surface area contributed by atoms with Gasteiger partial charge in [-0.2, -0.15) is 21.8 Å². The molecule has 7 rings (SSSR count). The van der Waals surface area contributed by atoms with Crippen molar-refractivity contribution in [1.82, 2.24) is 39.1 Å². The van der Waals surface area contributed by atoms with Crippen LogP contribution in [-0.4, -0.2) is 121 Å². The van der Waals surface area contributed by atoms with Gasteiger partial charge in [-0.15, -0.1) is 5.10 Å². The predicted molar refractivity (Wildman–Crippen MR) is 158 cm³/mol. The Morgan fingerprint density at radius 2 is 1.80 bits per heavy atom. The van der Waals surface area contributed by atoms with E-state index in [1.807, 2.05) is 35.1 Å². The highest BCUT2D eigenvalue weighted by Gasteiger charge is 2.44. The van der Waals surface area contributed by atoms with Gasteiger partial charge in [0.25, 0.3) is 0 Å². The number of carbonyl (C=O) groups is 2. The molecule has 0 radical (unpaired) electrons. The number of amides is 2. The van der Waals surface area contributed by atoms with Crippen molar-refractivity contribution in [3.8, 4) is 0 Å². The summed E-state index contributed by atoms with van der Waals surface area (Å²) in [6.45, 7) is 5.16. The summed E-state index contributed by atoms with van der Waals surface area (Å²) in [4.78, 5) is 39.7. The summed E-state index contributed by atoms with van der Waals surface area (Å²) in [7, 11) is 2.08. The summed E-state index contributed by atoms with van der Waals surface area (Å²) in [6.07, 6.45) is 9.59. The number of aromatic nitrogens is 5. The summed E-state index contributed by atoms with van der Waals surface area (Å²) >= 11 is 1.97. The lowest BCUT2D eigenvalue weighted by Gasteiger charge is -2.43. The first-order valence-corrected chi connectivity index (χ1v) is 15.9. The molecule has 0 saturated carbocycles. The summed E-state index contributed by atoms with van der Waals surface area (Å²) in [6, 6.07) is 4.62. The largest absolute Gasteiger partial charge is 0.364 e. The summed E-state index contributed by atoms with van der Waals surface area (Å²) < 4.78 is 3.46. The SMILES string of the molecule is CN1CCN(C(=O)Cn2cc(Nc3nc4c(N5CC6CCC(C5)N6C(=O)C5CCSCC5)cccn4n3)cn2)CC1. The number of rotatable bonds is 6. The average Bonchev–Trinajstić information content (AvgIpc) is 3.68. The normalized spacial score (nSPS) is 23.9. The zero-order valence-electron chi connectivity index (χ0n) is 23.6. The van der Waals surface area contributed by atoms with Gasteiger partial charge in [0.05, 0.1) is 17.6 Å². The van der Waals surface area contributed by atoms with Crippen LogP contribution in [0.4, 0.5) is 17.3 Å². The summed E-state index contributed by atoms with van der Waals surface area (Å²) in [5.41, 5.74) is 2.57. The molecule has 4 aliphatic heterocycles. The van der Waals surface area contributed by atoms with Crippen LogP contribution >= 0.6 is 11.8 Å². The minimum absolute atomic E-state index is 0.0803. The number of nitrogens with one attached hydrogen (secondary N) is 1. The predicted octanol–water partition coefficient (Wildman–Crippen LogP) is 1.77. The first-order valence-electron chi connectivity index (χ1n) is 14.8. The number of nitrogens with zero attached hydrogens (tertiary/aromatic N) is 9. The molecule has 13 heteroatoms. The summed E-state index contributed by atoms with van der Waals surface area (Å²) in [5, 5.41) is 12.3.